The third-order valence-electron chi connectivity index (χ3n) is 5.31. The average Bonchev–Trinajstić information content (AvgIpc) is 3.33. The van der Waals surface area contributed by atoms with Crippen LogP contribution in [-0.4, -0.2) is 37.1 Å². The molecule has 2 aromatic heterocycles. The van der Waals surface area contributed by atoms with Gasteiger partial charge >= 0.3 is 0 Å². The number of hydrogen-bond acceptors (Lipinski definition) is 4. The summed E-state index contributed by atoms with van der Waals surface area (Å²) in [5.74, 6) is 0.566. The molecule has 1 saturated heterocycles. The van der Waals surface area contributed by atoms with Gasteiger partial charge in [0, 0.05) is 37.1 Å². The predicted octanol–water partition coefficient (Wildman–Crippen LogP) is 2.00. The minimum atomic E-state index is 0.0979. The quantitative estimate of drug-likeness (QED) is 0.843. The maximum Gasteiger partial charge on any atom is 0.256 e. The van der Waals surface area contributed by atoms with Crippen molar-refractivity contribution >= 4 is 0 Å². The Morgan fingerprint density at radius 3 is 2.58 bits per heavy atom. The first kappa shape index (κ1) is 15.6. The number of rotatable bonds is 5. The molecular formula is C18H25N5O. The van der Waals surface area contributed by atoms with Gasteiger partial charge in [-0.05, 0) is 51.6 Å². The van der Waals surface area contributed by atoms with Gasteiger partial charge in [-0.2, -0.15) is 0 Å². The lowest BCUT2D eigenvalue weighted by molar-refractivity contribution is 0.163. The van der Waals surface area contributed by atoms with E-state index < -0.39 is 0 Å². The smallest absolute Gasteiger partial charge is 0.256 e. The van der Waals surface area contributed by atoms with E-state index in [0.717, 1.165) is 44.6 Å². The molecule has 2 aromatic rings. The normalized spacial score (nSPS) is 19.7. The number of piperidine rings is 1. The van der Waals surface area contributed by atoms with Crippen molar-refractivity contribution in [1.29, 1.82) is 0 Å². The van der Waals surface area contributed by atoms with E-state index in [1.807, 2.05) is 19.4 Å². The standard InChI is InChI=1S/C18H25N5O/c1-14-8-19-12-22(18(14)24)10-15-4-6-21(7-5-15)11-17-9-20-13-23(17)16-2-3-16/h8-9,12-13,15-16H,2-7,10-11H2,1H3. The molecule has 24 heavy (non-hydrogen) atoms. The highest BCUT2D eigenvalue weighted by molar-refractivity contribution is 5.04. The number of aromatic nitrogens is 4. The number of imidazole rings is 1. The first-order valence-corrected chi connectivity index (χ1v) is 8.95. The second kappa shape index (κ2) is 6.51. The molecule has 0 N–H and O–H groups in total. The Kier molecular flexibility index (Phi) is 4.22. The number of hydrogen-bond donors (Lipinski definition) is 0. The summed E-state index contributed by atoms with van der Waals surface area (Å²) < 4.78 is 4.13. The molecule has 128 valence electrons. The van der Waals surface area contributed by atoms with Crippen molar-refractivity contribution in [2.24, 2.45) is 5.92 Å². The first-order valence-electron chi connectivity index (χ1n) is 8.95. The maximum absolute atomic E-state index is 12.1. The minimum Gasteiger partial charge on any atom is -0.330 e. The van der Waals surface area contributed by atoms with Gasteiger partial charge < -0.3 is 4.57 Å². The predicted molar refractivity (Wildman–Crippen MR) is 91.7 cm³/mol. The van der Waals surface area contributed by atoms with Crippen molar-refractivity contribution in [1.82, 2.24) is 24.0 Å². The average molecular weight is 327 g/mol. The van der Waals surface area contributed by atoms with Crippen molar-refractivity contribution in [2.45, 2.75) is 51.7 Å². The summed E-state index contributed by atoms with van der Waals surface area (Å²) in [4.78, 5) is 23.1. The summed E-state index contributed by atoms with van der Waals surface area (Å²) in [7, 11) is 0. The van der Waals surface area contributed by atoms with Crippen molar-refractivity contribution in [3.05, 3.63) is 46.7 Å². The molecule has 4 rings (SSSR count). The fraction of sp³-hybridized carbons (Fsp3) is 0.611. The highest BCUT2D eigenvalue weighted by Crippen LogP contribution is 2.36. The summed E-state index contributed by atoms with van der Waals surface area (Å²) in [5, 5.41) is 0. The van der Waals surface area contributed by atoms with E-state index in [-0.39, 0.29) is 5.56 Å². The van der Waals surface area contributed by atoms with Gasteiger partial charge in [-0.25, -0.2) is 9.97 Å². The van der Waals surface area contributed by atoms with E-state index in [0.29, 0.717) is 12.0 Å². The summed E-state index contributed by atoms with van der Waals surface area (Å²) in [6.45, 7) is 5.80. The molecule has 1 aliphatic heterocycles. The molecule has 1 aliphatic carbocycles. The van der Waals surface area contributed by atoms with Gasteiger partial charge in [-0.1, -0.05) is 0 Å². The largest absolute Gasteiger partial charge is 0.330 e. The van der Waals surface area contributed by atoms with E-state index in [1.165, 1.54) is 18.5 Å². The zero-order valence-electron chi connectivity index (χ0n) is 14.3. The molecule has 2 aliphatic rings. The lowest BCUT2D eigenvalue weighted by Crippen LogP contribution is -2.36. The highest BCUT2D eigenvalue weighted by Gasteiger charge is 2.26. The molecular weight excluding hydrogens is 302 g/mol. The second-order valence-corrected chi connectivity index (χ2v) is 7.28. The van der Waals surface area contributed by atoms with Gasteiger partial charge in [0.15, 0.2) is 0 Å². The Labute approximate surface area is 142 Å². The number of nitrogens with zero attached hydrogens (tertiary/aromatic N) is 5. The van der Waals surface area contributed by atoms with Gasteiger partial charge in [0.2, 0.25) is 0 Å². The molecule has 0 unspecified atom stereocenters. The molecule has 0 aromatic carbocycles. The van der Waals surface area contributed by atoms with Crippen LogP contribution in [0.15, 0.2) is 29.8 Å². The monoisotopic (exact) mass is 327 g/mol. The zero-order chi connectivity index (χ0) is 16.5. The van der Waals surface area contributed by atoms with E-state index in [9.17, 15) is 4.79 Å². The topological polar surface area (TPSA) is 56.0 Å². The van der Waals surface area contributed by atoms with E-state index in [2.05, 4.69) is 19.4 Å². The fourth-order valence-electron chi connectivity index (χ4n) is 3.66. The van der Waals surface area contributed by atoms with Crippen LogP contribution in [0.1, 0.15) is 43.0 Å². The van der Waals surface area contributed by atoms with Crippen molar-refractivity contribution < 1.29 is 0 Å². The van der Waals surface area contributed by atoms with Gasteiger partial charge in [-0.3, -0.25) is 14.3 Å². The van der Waals surface area contributed by atoms with Crippen molar-refractivity contribution in [3.8, 4) is 0 Å². The van der Waals surface area contributed by atoms with Crippen LogP contribution in [-0.2, 0) is 13.1 Å². The second-order valence-electron chi connectivity index (χ2n) is 7.28. The third-order valence-corrected chi connectivity index (χ3v) is 5.31. The molecule has 3 heterocycles. The molecule has 0 spiro atoms. The van der Waals surface area contributed by atoms with Crippen LogP contribution >= 0.6 is 0 Å². The summed E-state index contributed by atoms with van der Waals surface area (Å²) in [6, 6.07) is 0.695. The Morgan fingerprint density at radius 1 is 1.08 bits per heavy atom. The van der Waals surface area contributed by atoms with Gasteiger partial charge in [0.05, 0.1) is 18.3 Å². The van der Waals surface area contributed by atoms with Gasteiger partial charge in [0.1, 0.15) is 0 Å². The Morgan fingerprint density at radius 2 is 1.83 bits per heavy atom. The number of likely N-dealkylation sites (tertiary alicyclic amines) is 1. The first-order chi connectivity index (χ1) is 11.7. The van der Waals surface area contributed by atoms with E-state index in [1.54, 1.807) is 17.1 Å². The molecule has 0 bridgehead atoms. The number of aryl methyl sites for hydroxylation is 1. The molecule has 0 radical (unpaired) electrons. The minimum absolute atomic E-state index is 0.0979. The Balaban J connectivity index is 1.32. The lowest BCUT2D eigenvalue weighted by atomic mass is 9.96. The zero-order valence-corrected chi connectivity index (χ0v) is 14.3. The summed E-state index contributed by atoms with van der Waals surface area (Å²) >= 11 is 0. The molecule has 0 amide bonds. The van der Waals surface area contributed by atoms with Crippen LogP contribution in [0.25, 0.3) is 0 Å². The Bertz CT molecular complexity index is 753. The van der Waals surface area contributed by atoms with Crippen LogP contribution < -0.4 is 5.56 Å². The lowest BCUT2D eigenvalue weighted by Gasteiger charge is -2.32. The van der Waals surface area contributed by atoms with Crippen LogP contribution in [0, 0.1) is 12.8 Å². The third kappa shape index (κ3) is 3.29. The highest BCUT2D eigenvalue weighted by atomic mass is 16.1. The van der Waals surface area contributed by atoms with Gasteiger partial charge in [0.25, 0.3) is 5.56 Å². The summed E-state index contributed by atoms with van der Waals surface area (Å²) in [5.41, 5.74) is 2.17. The van der Waals surface area contributed by atoms with E-state index >= 15 is 0 Å². The van der Waals surface area contributed by atoms with Crippen LogP contribution in [0.3, 0.4) is 0 Å². The Hall–Kier alpha value is -1.95. The molecule has 1 saturated carbocycles. The van der Waals surface area contributed by atoms with E-state index in [4.69, 9.17) is 0 Å². The SMILES string of the molecule is Cc1cncn(CC2CCN(Cc3cncn3C3CC3)CC2)c1=O. The van der Waals surface area contributed by atoms with Crippen molar-refractivity contribution in [2.75, 3.05) is 13.1 Å². The summed E-state index contributed by atoms with van der Waals surface area (Å²) in [6.07, 6.45) is 12.2. The fourth-order valence-corrected chi connectivity index (χ4v) is 3.66. The molecule has 2 fully saturated rings. The van der Waals surface area contributed by atoms with Crippen LogP contribution in [0.2, 0.25) is 0 Å². The molecule has 6 nitrogen and oxygen atoms in total. The van der Waals surface area contributed by atoms with Crippen molar-refractivity contribution in [3.63, 3.8) is 0 Å². The maximum atomic E-state index is 12.1. The van der Waals surface area contributed by atoms with Gasteiger partial charge in [-0.15, -0.1) is 0 Å². The molecule has 0 atom stereocenters. The van der Waals surface area contributed by atoms with Crippen LogP contribution in [0.5, 0.6) is 0 Å². The molecule has 6 heteroatoms. The van der Waals surface area contributed by atoms with Crippen LogP contribution in [0.4, 0.5) is 0 Å².